The summed E-state index contributed by atoms with van der Waals surface area (Å²) in [5.41, 5.74) is 1.10. The van der Waals surface area contributed by atoms with Gasteiger partial charge in [0.05, 0.1) is 6.07 Å². The van der Waals surface area contributed by atoms with Gasteiger partial charge < -0.3 is 15.4 Å². The zero-order chi connectivity index (χ0) is 13.2. The topological polar surface area (TPSA) is 74.2 Å². The number of benzene rings is 1. The molecule has 0 unspecified atom stereocenters. The summed E-state index contributed by atoms with van der Waals surface area (Å²) in [6.07, 6.45) is 0. The second-order valence-electron chi connectivity index (χ2n) is 3.65. The maximum atomic E-state index is 11.2. The van der Waals surface area contributed by atoms with E-state index >= 15 is 0 Å². The van der Waals surface area contributed by atoms with Crippen LogP contribution in [0.5, 0.6) is 5.75 Å². The van der Waals surface area contributed by atoms with Crippen LogP contribution in [0.2, 0.25) is 0 Å². The van der Waals surface area contributed by atoms with Crippen molar-refractivity contribution >= 4 is 5.91 Å². The van der Waals surface area contributed by atoms with Crippen LogP contribution < -0.4 is 15.4 Å². The fourth-order valence-corrected chi connectivity index (χ4v) is 1.35. The van der Waals surface area contributed by atoms with Crippen molar-refractivity contribution in [3.63, 3.8) is 0 Å². The first-order valence-electron chi connectivity index (χ1n) is 5.82. The Kier molecular flexibility index (Phi) is 6.30. The minimum atomic E-state index is -0.298. The predicted octanol–water partition coefficient (Wildman–Crippen LogP) is 0.815. The monoisotopic (exact) mass is 247 g/mol. The highest BCUT2D eigenvalue weighted by Crippen LogP contribution is 2.12. The SMILES string of the molecule is CCNCc1cccc(OCC(=O)NCC#N)c1. The number of carbonyl (C=O) groups excluding carboxylic acids is 1. The molecule has 0 heterocycles. The Hall–Kier alpha value is -2.06. The molecule has 0 aliphatic rings. The lowest BCUT2D eigenvalue weighted by atomic mass is 10.2. The van der Waals surface area contributed by atoms with Gasteiger partial charge in [-0.25, -0.2) is 0 Å². The van der Waals surface area contributed by atoms with Crippen molar-refractivity contribution in [3.05, 3.63) is 29.8 Å². The first kappa shape index (κ1) is 14.0. The van der Waals surface area contributed by atoms with E-state index in [1.54, 1.807) is 6.07 Å². The molecule has 0 atom stereocenters. The lowest BCUT2D eigenvalue weighted by Crippen LogP contribution is -2.29. The molecule has 0 bridgehead atoms. The lowest BCUT2D eigenvalue weighted by Gasteiger charge is -2.08. The quantitative estimate of drug-likeness (QED) is 0.699. The van der Waals surface area contributed by atoms with Crippen LogP contribution in [0.3, 0.4) is 0 Å². The smallest absolute Gasteiger partial charge is 0.258 e. The summed E-state index contributed by atoms with van der Waals surface area (Å²) in [5.74, 6) is 0.353. The molecule has 1 aromatic carbocycles. The molecule has 1 aromatic rings. The molecule has 5 nitrogen and oxygen atoms in total. The van der Waals surface area contributed by atoms with E-state index in [1.165, 1.54) is 0 Å². The molecule has 0 saturated heterocycles. The molecule has 0 saturated carbocycles. The molecule has 0 fully saturated rings. The normalized spacial score (nSPS) is 9.56. The molecule has 0 aliphatic heterocycles. The predicted molar refractivity (Wildman–Crippen MR) is 67.9 cm³/mol. The van der Waals surface area contributed by atoms with Gasteiger partial charge in [-0.2, -0.15) is 5.26 Å². The molecule has 0 aliphatic carbocycles. The van der Waals surface area contributed by atoms with Crippen LogP contribution in [-0.4, -0.2) is 25.6 Å². The summed E-state index contributed by atoms with van der Waals surface area (Å²) < 4.78 is 5.34. The third kappa shape index (κ3) is 5.32. The standard InChI is InChI=1S/C13H17N3O2/c1-2-15-9-11-4-3-5-12(8-11)18-10-13(17)16-7-6-14/h3-5,8,15H,2,7,9-10H2,1H3,(H,16,17). The second-order valence-corrected chi connectivity index (χ2v) is 3.65. The van der Waals surface area contributed by atoms with Crippen molar-refractivity contribution in [3.8, 4) is 11.8 Å². The molecule has 0 spiro atoms. The number of rotatable bonds is 7. The van der Waals surface area contributed by atoms with Gasteiger partial charge in [-0.3, -0.25) is 4.79 Å². The number of carbonyl (C=O) groups is 1. The molecule has 2 N–H and O–H groups in total. The van der Waals surface area contributed by atoms with Gasteiger partial charge in [-0.1, -0.05) is 19.1 Å². The van der Waals surface area contributed by atoms with Crippen LogP contribution in [0, 0.1) is 11.3 Å². The number of nitrogens with zero attached hydrogens (tertiary/aromatic N) is 1. The van der Waals surface area contributed by atoms with Gasteiger partial charge >= 0.3 is 0 Å². The van der Waals surface area contributed by atoms with Crippen molar-refractivity contribution in [2.45, 2.75) is 13.5 Å². The molecule has 0 radical (unpaired) electrons. The van der Waals surface area contributed by atoms with E-state index in [-0.39, 0.29) is 19.1 Å². The van der Waals surface area contributed by atoms with Crippen molar-refractivity contribution in [2.24, 2.45) is 0 Å². The molecular weight excluding hydrogens is 230 g/mol. The van der Waals surface area contributed by atoms with E-state index in [2.05, 4.69) is 10.6 Å². The zero-order valence-electron chi connectivity index (χ0n) is 10.4. The van der Waals surface area contributed by atoms with Crippen LogP contribution >= 0.6 is 0 Å². The molecule has 1 amide bonds. The van der Waals surface area contributed by atoms with Gasteiger partial charge in [0.15, 0.2) is 6.61 Å². The van der Waals surface area contributed by atoms with Gasteiger partial charge in [-0.05, 0) is 24.2 Å². The van der Waals surface area contributed by atoms with E-state index in [9.17, 15) is 4.79 Å². The maximum absolute atomic E-state index is 11.2. The van der Waals surface area contributed by atoms with Gasteiger partial charge in [0.1, 0.15) is 12.3 Å². The maximum Gasteiger partial charge on any atom is 0.258 e. The van der Waals surface area contributed by atoms with E-state index in [4.69, 9.17) is 10.00 Å². The van der Waals surface area contributed by atoms with Gasteiger partial charge in [0, 0.05) is 6.54 Å². The number of ether oxygens (including phenoxy) is 1. The molecule has 96 valence electrons. The fourth-order valence-electron chi connectivity index (χ4n) is 1.35. The molecule has 0 aromatic heterocycles. The molecule has 18 heavy (non-hydrogen) atoms. The fraction of sp³-hybridized carbons (Fsp3) is 0.385. The summed E-state index contributed by atoms with van der Waals surface area (Å²) in [6.45, 7) is 3.64. The number of nitrogens with one attached hydrogen (secondary N) is 2. The van der Waals surface area contributed by atoms with Crippen LogP contribution in [0.1, 0.15) is 12.5 Å². The molecule has 5 heteroatoms. The Morgan fingerprint density at radius 3 is 3.06 bits per heavy atom. The third-order valence-electron chi connectivity index (χ3n) is 2.21. The zero-order valence-corrected chi connectivity index (χ0v) is 10.4. The van der Waals surface area contributed by atoms with Gasteiger partial charge in [0.2, 0.25) is 0 Å². The Balaban J connectivity index is 2.42. The second kappa shape index (κ2) is 8.09. The highest BCUT2D eigenvalue weighted by molar-refractivity contribution is 5.77. The average molecular weight is 247 g/mol. The van der Waals surface area contributed by atoms with Crippen molar-refractivity contribution < 1.29 is 9.53 Å². The van der Waals surface area contributed by atoms with E-state index in [0.717, 1.165) is 18.7 Å². The average Bonchev–Trinajstić information content (AvgIpc) is 2.41. The number of hydrogen-bond acceptors (Lipinski definition) is 4. The van der Waals surface area contributed by atoms with Crippen LogP contribution in [-0.2, 0) is 11.3 Å². The van der Waals surface area contributed by atoms with Crippen LogP contribution in [0.4, 0.5) is 0 Å². The number of hydrogen-bond donors (Lipinski definition) is 2. The summed E-state index contributed by atoms with van der Waals surface area (Å²) in [4.78, 5) is 11.2. The first-order chi connectivity index (χ1) is 8.76. The summed E-state index contributed by atoms with van der Waals surface area (Å²) >= 11 is 0. The Morgan fingerprint density at radius 2 is 2.33 bits per heavy atom. The van der Waals surface area contributed by atoms with Crippen LogP contribution in [0.15, 0.2) is 24.3 Å². The molecular formula is C13H17N3O2. The minimum Gasteiger partial charge on any atom is -0.484 e. The van der Waals surface area contributed by atoms with Crippen molar-refractivity contribution in [1.82, 2.24) is 10.6 Å². The van der Waals surface area contributed by atoms with E-state index in [0.29, 0.717) is 5.75 Å². The van der Waals surface area contributed by atoms with Crippen LogP contribution in [0.25, 0.3) is 0 Å². The lowest BCUT2D eigenvalue weighted by molar-refractivity contribution is -0.122. The largest absolute Gasteiger partial charge is 0.484 e. The van der Waals surface area contributed by atoms with Gasteiger partial charge in [-0.15, -0.1) is 0 Å². The number of nitriles is 1. The minimum absolute atomic E-state index is 0.00263. The molecule has 1 rings (SSSR count). The third-order valence-corrected chi connectivity index (χ3v) is 2.21. The first-order valence-corrected chi connectivity index (χ1v) is 5.82. The Labute approximate surface area is 107 Å². The summed E-state index contributed by atoms with van der Waals surface area (Å²) in [7, 11) is 0. The van der Waals surface area contributed by atoms with Gasteiger partial charge in [0.25, 0.3) is 5.91 Å². The van der Waals surface area contributed by atoms with Crippen molar-refractivity contribution in [1.29, 1.82) is 5.26 Å². The summed E-state index contributed by atoms with van der Waals surface area (Å²) in [6, 6.07) is 9.40. The number of amides is 1. The Bertz CT molecular complexity index is 426. The summed E-state index contributed by atoms with van der Waals surface area (Å²) in [5, 5.41) is 13.9. The van der Waals surface area contributed by atoms with E-state index < -0.39 is 0 Å². The highest BCUT2D eigenvalue weighted by atomic mass is 16.5. The highest BCUT2D eigenvalue weighted by Gasteiger charge is 2.02. The Morgan fingerprint density at radius 1 is 1.50 bits per heavy atom. The van der Waals surface area contributed by atoms with E-state index in [1.807, 2.05) is 31.2 Å². The van der Waals surface area contributed by atoms with Crippen molar-refractivity contribution in [2.75, 3.05) is 19.7 Å².